The molecule has 4 heteroatoms. The van der Waals surface area contributed by atoms with Gasteiger partial charge in [0.05, 0.1) is 0 Å². The van der Waals surface area contributed by atoms with Crippen LogP contribution >= 0.6 is 0 Å². The van der Waals surface area contributed by atoms with Crippen molar-refractivity contribution in [3.8, 4) is 0 Å². The van der Waals surface area contributed by atoms with E-state index < -0.39 is 0 Å². The minimum Gasteiger partial charge on any atom is -0.354 e. The van der Waals surface area contributed by atoms with E-state index in [1.807, 2.05) is 7.05 Å². The molecule has 0 spiro atoms. The standard InChI is InChI=1S/C13H20FN3/c1-10-4-3-7-17(9-10)13-12(14)11(8-15-2)5-6-16-13/h5-6,10,15H,3-4,7-9H2,1-2H3. The minimum absolute atomic E-state index is 0.170. The fourth-order valence-corrected chi connectivity index (χ4v) is 2.40. The van der Waals surface area contributed by atoms with Gasteiger partial charge in [-0.25, -0.2) is 9.37 Å². The normalized spacial score (nSPS) is 20.6. The number of nitrogens with one attached hydrogen (secondary N) is 1. The zero-order valence-corrected chi connectivity index (χ0v) is 10.5. The van der Waals surface area contributed by atoms with Gasteiger partial charge in [0, 0.05) is 31.4 Å². The Hall–Kier alpha value is -1.16. The van der Waals surface area contributed by atoms with Gasteiger partial charge in [-0.3, -0.25) is 0 Å². The lowest BCUT2D eigenvalue weighted by Gasteiger charge is -2.32. The van der Waals surface area contributed by atoms with Crippen LogP contribution < -0.4 is 10.2 Å². The first-order valence-electron chi connectivity index (χ1n) is 6.25. The predicted octanol–water partition coefficient (Wildman–Crippen LogP) is 2.18. The van der Waals surface area contributed by atoms with Crippen molar-refractivity contribution >= 4 is 5.82 Å². The predicted molar refractivity (Wildman–Crippen MR) is 67.6 cm³/mol. The van der Waals surface area contributed by atoms with Gasteiger partial charge in [-0.15, -0.1) is 0 Å². The van der Waals surface area contributed by atoms with Crippen LogP contribution in [0.5, 0.6) is 0 Å². The highest BCUT2D eigenvalue weighted by atomic mass is 19.1. The average Bonchev–Trinajstić information content (AvgIpc) is 2.32. The number of pyridine rings is 1. The van der Waals surface area contributed by atoms with E-state index in [1.165, 1.54) is 6.42 Å². The highest BCUT2D eigenvalue weighted by Crippen LogP contribution is 2.25. The molecule has 94 valence electrons. The molecule has 0 bridgehead atoms. The van der Waals surface area contributed by atoms with Gasteiger partial charge >= 0.3 is 0 Å². The lowest BCUT2D eigenvalue weighted by molar-refractivity contribution is 0.438. The van der Waals surface area contributed by atoms with Crippen LogP contribution in [0.25, 0.3) is 0 Å². The first kappa shape index (κ1) is 12.3. The summed E-state index contributed by atoms with van der Waals surface area (Å²) >= 11 is 0. The van der Waals surface area contributed by atoms with Gasteiger partial charge in [-0.2, -0.15) is 0 Å². The molecule has 0 amide bonds. The number of halogens is 1. The Bertz CT molecular complexity index is 381. The molecule has 17 heavy (non-hydrogen) atoms. The van der Waals surface area contributed by atoms with Crippen molar-refractivity contribution < 1.29 is 4.39 Å². The fraction of sp³-hybridized carbons (Fsp3) is 0.615. The van der Waals surface area contributed by atoms with Crippen LogP contribution in [0.2, 0.25) is 0 Å². The van der Waals surface area contributed by atoms with E-state index >= 15 is 0 Å². The second-order valence-electron chi connectivity index (χ2n) is 4.83. The molecule has 1 aromatic heterocycles. The first-order chi connectivity index (χ1) is 8.22. The second-order valence-corrected chi connectivity index (χ2v) is 4.83. The Balaban J connectivity index is 2.22. The topological polar surface area (TPSA) is 28.2 Å². The Morgan fingerprint density at radius 1 is 1.59 bits per heavy atom. The number of nitrogens with zero attached hydrogens (tertiary/aromatic N) is 2. The number of hydrogen-bond donors (Lipinski definition) is 1. The number of anilines is 1. The summed E-state index contributed by atoms with van der Waals surface area (Å²) in [6.07, 6.45) is 4.05. The largest absolute Gasteiger partial charge is 0.354 e. The Morgan fingerprint density at radius 2 is 2.41 bits per heavy atom. The van der Waals surface area contributed by atoms with Gasteiger partial charge in [-0.1, -0.05) is 6.92 Å². The molecular formula is C13H20FN3. The SMILES string of the molecule is CNCc1ccnc(N2CCCC(C)C2)c1F. The maximum Gasteiger partial charge on any atom is 0.170 e. The molecular weight excluding hydrogens is 217 g/mol. The Labute approximate surface area is 102 Å². The molecule has 3 nitrogen and oxygen atoms in total. The van der Waals surface area contributed by atoms with Crippen molar-refractivity contribution in [2.24, 2.45) is 5.92 Å². The van der Waals surface area contributed by atoms with E-state index in [4.69, 9.17) is 0 Å². The van der Waals surface area contributed by atoms with Crippen LogP contribution in [-0.4, -0.2) is 25.1 Å². The van der Waals surface area contributed by atoms with Crippen molar-refractivity contribution in [2.75, 3.05) is 25.0 Å². The fourth-order valence-electron chi connectivity index (χ4n) is 2.40. The molecule has 1 unspecified atom stereocenters. The lowest BCUT2D eigenvalue weighted by Crippen LogP contribution is -2.35. The van der Waals surface area contributed by atoms with Gasteiger partial charge in [0.1, 0.15) is 0 Å². The molecule has 1 aliphatic rings. The molecule has 0 aromatic carbocycles. The molecule has 1 saturated heterocycles. The summed E-state index contributed by atoms with van der Waals surface area (Å²) < 4.78 is 14.2. The van der Waals surface area contributed by atoms with Crippen LogP contribution in [0.1, 0.15) is 25.3 Å². The maximum absolute atomic E-state index is 14.2. The van der Waals surface area contributed by atoms with Gasteiger partial charge in [0.15, 0.2) is 11.6 Å². The summed E-state index contributed by atoms with van der Waals surface area (Å²) in [7, 11) is 1.82. The van der Waals surface area contributed by atoms with Gasteiger partial charge in [0.25, 0.3) is 0 Å². The molecule has 1 N–H and O–H groups in total. The molecule has 0 saturated carbocycles. The summed E-state index contributed by atoms with van der Waals surface area (Å²) in [6, 6.07) is 1.74. The third kappa shape index (κ3) is 2.75. The quantitative estimate of drug-likeness (QED) is 0.873. The molecule has 2 rings (SSSR count). The molecule has 1 atom stereocenters. The summed E-state index contributed by atoms with van der Waals surface area (Å²) in [6.45, 7) is 4.58. The zero-order chi connectivity index (χ0) is 12.3. The van der Waals surface area contributed by atoms with Crippen molar-refractivity contribution in [2.45, 2.75) is 26.3 Å². The summed E-state index contributed by atoms with van der Waals surface area (Å²) in [4.78, 5) is 6.27. The smallest absolute Gasteiger partial charge is 0.170 e. The molecule has 2 heterocycles. The molecule has 0 aliphatic carbocycles. The zero-order valence-electron chi connectivity index (χ0n) is 10.5. The van der Waals surface area contributed by atoms with Gasteiger partial charge in [0.2, 0.25) is 0 Å². The summed E-state index contributed by atoms with van der Waals surface area (Å²) in [5.41, 5.74) is 0.690. The van der Waals surface area contributed by atoms with E-state index in [9.17, 15) is 4.39 Å². The average molecular weight is 237 g/mol. The van der Waals surface area contributed by atoms with Crippen LogP contribution in [0.4, 0.5) is 10.2 Å². The molecule has 0 radical (unpaired) electrons. The summed E-state index contributed by atoms with van der Waals surface area (Å²) in [5.74, 6) is 0.971. The van der Waals surface area contributed by atoms with E-state index in [0.717, 1.165) is 19.5 Å². The molecule has 1 aromatic rings. The van der Waals surface area contributed by atoms with E-state index in [2.05, 4.69) is 22.1 Å². The molecule has 1 aliphatic heterocycles. The van der Waals surface area contributed by atoms with Gasteiger partial charge < -0.3 is 10.2 Å². The third-order valence-electron chi connectivity index (χ3n) is 3.27. The van der Waals surface area contributed by atoms with Crippen molar-refractivity contribution in [1.82, 2.24) is 10.3 Å². The number of rotatable bonds is 3. The first-order valence-corrected chi connectivity index (χ1v) is 6.25. The third-order valence-corrected chi connectivity index (χ3v) is 3.27. The van der Waals surface area contributed by atoms with Crippen LogP contribution in [-0.2, 0) is 6.54 Å². The molecule has 1 fully saturated rings. The minimum atomic E-state index is -0.170. The second kappa shape index (κ2) is 5.45. The van der Waals surface area contributed by atoms with Crippen molar-refractivity contribution in [3.63, 3.8) is 0 Å². The summed E-state index contributed by atoms with van der Waals surface area (Å²) in [5, 5.41) is 2.98. The Kier molecular flexibility index (Phi) is 3.94. The van der Waals surface area contributed by atoms with E-state index in [1.54, 1.807) is 12.3 Å². The van der Waals surface area contributed by atoms with Crippen LogP contribution in [0.15, 0.2) is 12.3 Å². The van der Waals surface area contributed by atoms with E-state index in [0.29, 0.717) is 23.8 Å². The number of hydrogen-bond acceptors (Lipinski definition) is 3. The lowest BCUT2D eigenvalue weighted by atomic mass is 10.0. The number of aromatic nitrogens is 1. The van der Waals surface area contributed by atoms with Crippen LogP contribution in [0, 0.1) is 11.7 Å². The van der Waals surface area contributed by atoms with Gasteiger partial charge in [-0.05, 0) is 31.9 Å². The number of piperidine rings is 1. The highest BCUT2D eigenvalue weighted by Gasteiger charge is 2.21. The monoisotopic (exact) mass is 237 g/mol. The maximum atomic E-state index is 14.2. The van der Waals surface area contributed by atoms with E-state index in [-0.39, 0.29) is 5.82 Å². The highest BCUT2D eigenvalue weighted by molar-refractivity contribution is 5.43. The Morgan fingerprint density at radius 3 is 3.12 bits per heavy atom. The van der Waals surface area contributed by atoms with Crippen molar-refractivity contribution in [3.05, 3.63) is 23.6 Å². The van der Waals surface area contributed by atoms with Crippen LogP contribution in [0.3, 0.4) is 0 Å². The van der Waals surface area contributed by atoms with Crippen molar-refractivity contribution in [1.29, 1.82) is 0 Å².